The molecule has 0 fully saturated rings. The number of rotatable bonds is 17. The van der Waals surface area contributed by atoms with Gasteiger partial charge in [0.2, 0.25) is 0 Å². The fourth-order valence-electron chi connectivity index (χ4n) is 3.82. The summed E-state index contributed by atoms with van der Waals surface area (Å²) in [6.45, 7) is 4.75. The van der Waals surface area contributed by atoms with Gasteiger partial charge in [-0.1, -0.05) is 44.7 Å². The van der Waals surface area contributed by atoms with Gasteiger partial charge in [-0.25, -0.2) is 9.48 Å². The maximum absolute atomic E-state index is 12.9. The number of carboxylic acids is 1. The van der Waals surface area contributed by atoms with Gasteiger partial charge in [0.1, 0.15) is 11.4 Å². The van der Waals surface area contributed by atoms with Gasteiger partial charge in [0.25, 0.3) is 5.88 Å². The lowest BCUT2D eigenvalue weighted by molar-refractivity contribution is -0.320. The minimum atomic E-state index is -4.36. The Kier molecular flexibility index (Phi) is 12.1. The third-order valence-corrected chi connectivity index (χ3v) is 6.02. The van der Waals surface area contributed by atoms with E-state index in [4.69, 9.17) is 9.47 Å². The summed E-state index contributed by atoms with van der Waals surface area (Å²) < 4.78 is 50.8. The highest BCUT2D eigenvalue weighted by Gasteiger charge is 2.26. The largest absolute Gasteiger partial charge is 0.546 e. The SMILES string of the molecule is CCCCCCCn1c(=O)c(OCCCc2cccc(OC(C)(C)C(=O)[O-])c2)nn(CCCC(F)(F)F)c1=O. The molecule has 0 aliphatic rings. The summed E-state index contributed by atoms with van der Waals surface area (Å²) in [7, 11) is 0. The summed E-state index contributed by atoms with van der Waals surface area (Å²) in [5.41, 5.74) is -2.13. The lowest BCUT2D eigenvalue weighted by atomic mass is 10.1. The lowest BCUT2D eigenvalue weighted by Crippen LogP contribution is -2.47. The number of aryl methyl sites for hydroxylation is 2. The molecule has 1 aromatic carbocycles. The highest BCUT2D eigenvalue weighted by molar-refractivity contribution is 5.74. The summed E-state index contributed by atoms with van der Waals surface area (Å²) in [4.78, 5) is 36.9. The molecule has 12 heteroatoms. The van der Waals surface area contributed by atoms with Crippen molar-refractivity contribution in [3.8, 4) is 11.6 Å². The zero-order valence-corrected chi connectivity index (χ0v) is 22.7. The molecule has 218 valence electrons. The van der Waals surface area contributed by atoms with Crippen LogP contribution in [0.25, 0.3) is 0 Å². The van der Waals surface area contributed by atoms with Crippen molar-refractivity contribution in [3.05, 3.63) is 50.7 Å². The number of hydrogen-bond acceptors (Lipinski definition) is 7. The van der Waals surface area contributed by atoms with E-state index in [1.807, 2.05) is 6.07 Å². The molecular weight excluding hydrogens is 519 g/mol. The number of aliphatic carboxylic acids is 1. The van der Waals surface area contributed by atoms with Crippen LogP contribution in [0.1, 0.15) is 77.7 Å². The number of carbonyl (C=O) groups is 1. The van der Waals surface area contributed by atoms with Gasteiger partial charge < -0.3 is 19.4 Å². The first-order valence-corrected chi connectivity index (χ1v) is 13.2. The van der Waals surface area contributed by atoms with Crippen LogP contribution in [0.15, 0.2) is 33.9 Å². The molecule has 0 saturated heterocycles. The average molecular weight is 557 g/mol. The Morgan fingerprint density at radius 2 is 1.74 bits per heavy atom. The van der Waals surface area contributed by atoms with E-state index < -0.39 is 35.4 Å². The van der Waals surface area contributed by atoms with Crippen LogP contribution in [-0.4, -0.2) is 38.7 Å². The second kappa shape index (κ2) is 14.7. The molecular formula is C27H37F3N3O6-. The van der Waals surface area contributed by atoms with Crippen molar-refractivity contribution in [2.24, 2.45) is 0 Å². The van der Waals surface area contributed by atoms with E-state index >= 15 is 0 Å². The van der Waals surface area contributed by atoms with Gasteiger partial charge in [-0.2, -0.15) is 13.2 Å². The van der Waals surface area contributed by atoms with Gasteiger partial charge in [0.05, 0.1) is 12.6 Å². The maximum atomic E-state index is 12.9. The normalized spacial score (nSPS) is 11.9. The van der Waals surface area contributed by atoms with E-state index in [-0.39, 0.29) is 32.0 Å². The number of alkyl halides is 3. The molecule has 0 saturated carbocycles. The lowest BCUT2D eigenvalue weighted by Gasteiger charge is -2.27. The fraction of sp³-hybridized carbons (Fsp3) is 0.630. The van der Waals surface area contributed by atoms with Crippen LogP contribution in [0.2, 0.25) is 0 Å². The van der Waals surface area contributed by atoms with Crippen molar-refractivity contribution in [2.75, 3.05) is 6.61 Å². The Morgan fingerprint density at radius 1 is 1.03 bits per heavy atom. The number of benzene rings is 1. The Bertz CT molecular complexity index is 1190. The monoisotopic (exact) mass is 556 g/mol. The molecule has 0 spiro atoms. The van der Waals surface area contributed by atoms with Crippen LogP contribution >= 0.6 is 0 Å². The molecule has 1 heterocycles. The molecule has 0 unspecified atom stereocenters. The average Bonchev–Trinajstić information content (AvgIpc) is 2.85. The molecule has 0 amide bonds. The maximum Gasteiger partial charge on any atom is 0.389 e. The van der Waals surface area contributed by atoms with E-state index in [1.165, 1.54) is 13.8 Å². The van der Waals surface area contributed by atoms with Crippen molar-refractivity contribution in [1.82, 2.24) is 14.3 Å². The Morgan fingerprint density at radius 3 is 2.41 bits per heavy atom. The smallest absolute Gasteiger partial charge is 0.389 e. The van der Waals surface area contributed by atoms with Crippen molar-refractivity contribution in [3.63, 3.8) is 0 Å². The summed E-state index contributed by atoms with van der Waals surface area (Å²) >= 11 is 0. The molecule has 0 aliphatic carbocycles. The number of carbonyl (C=O) groups excluding carboxylic acids is 1. The Labute approximate surface area is 225 Å². The van der Waals surface area contributed by atoms with Crippen LogP contribution < -0.4 is 25.8 Å². The van der Waals surface area contributed by atoms with E-state index in [2.05, 4.69) is 12.0 Å². The van der Waals surface area contributed by atoms with E-state index in [0.717, 1.165) is 40.5 Å². The van der Waals surface area contributed by atoms with Crippen molar-refractivity contribution in [2.45, 2.75) is 103 Å². The van der Waals surface area contributed by atoms with E-state index in [1.54, 1.807) is 18.2 Å². The first-order chi connectivity index (χ1) is 18.3. The van der Waals surface area contributed by atoms with Crippen LogP contribution in [0.3, 0.4) is 0 Å². The van der Waals surface area contributed by atoms with Gasteiger partial charge in [-0.3, -0.25) is 9.36 Å². The van der Waals surface area contributed by atoms with Crippen molar-refractivity contribution >= 4 is 5.97 Å². The number of hydrogen-bond donors (Lipinski definition) is 0. The number of ether oxygens (including phenoxy) is 2. The van der Waals surface area contributed by atoms with Gasteiger partial charge in [0, 0.05) is 19.5 Å². The first-order valence-electron chi connectivity index (χ1n) is 13.2. The number of nitrogens with zero attached hydrogens (tertiary/aromatic N) is 3. The van der Waals surface area contributed by atoms with Gasteiger partial charge in [-0.05, 0) is 57.2 Å². The van der Waals surface area contributed by atoms with Crippen LogP contribution in [0.4, 0.5) is 13.2 Å². The predicted molar refractivity (Wildman–Crippen MR) is 137 cm³/mol. The third-order valence-electron chi connectivity index (χ3n) is 6.02. The number of halogens is 3. The van der Waals surface area contributed by atoms with Crippen LogP contribution in [0, 0.1) is 0 Å². The molecule has 9 nitrogen and oxygen atoms in total. The molecule has 0 radical (unpaired) electrons. The summed E-state index contributed by atoms with van der Waals surface area (Å²) in [5, 5.41) is 15.1. The van der Waals surface area contributed by atoms with Gasteiger partial charge in [0.15, 0.2) is 0 Å². The van der Waals surface area contributed by atoms with Crippen LogP contribution in [-0.2, 0) is 24.3 Å². The zero-order chi connectivity index (χ0) is 29.1. The quantitative estimate of drug-likeness (QED) is 0.273. The number of unbranched alkanes of at least 4 members (excludes halogenated alkanes) is 4. The standard InChI is InChI=1S/C27H38F3N3O6/c1-4-5-6-7-8-16-32-23(34)22(31-33(25(32)37)17-11-15-27(28,29)30)38-18-10-13-20-12-9-14-21(19-20)39-26(2,3)24(35)36/h9,12,14,19H,4-8,10-11,13,15-18H2,1-3H3,(H,35,36)/p-1. The fourth-order valence-corrected chi connectivity index (χ4v) is 3.82. The second-order valence-corrected chi connectivity index (χ2v) is 9.90. The third kappa shape index (κ3) is 10.8. The second-order valence-electron chi connectivity index (χ2n) is 9.90. The Hall–Kier alpha value is -3.31. The minimum absolute atomic E-state index is 0.0646. The predicted octanol–water partition coefficient (Wildman–Crippen LogP) is 3.64. The highest BCUT2D eigenvalue weighted by atomic mass is 19.4. The molecule has 39 heavy (non-hydrogen) atoms. The molecule has 0 aliphatic heterocycles. The molecule has 1 aromatic heterocycles. The molecule has 2 rings (SSSR count). The van der Waals surface area contributed by atoms with E-state index in [9.17, 15) is 32.7 Å². The topological polar surface area (TPSA) is 115 Å². The minimum Gasteiger partial charge on any atom is -0.546 e. The van der Waals surface area contributed by atoms with Crippen molar-refractivity contribution in [1.29, 1.82) is 0 Å². The van der Waals surface area contributed by atoms with Gasteiger partial charge in [-0.15, -0.1) is 5.10 Å². The van der Waals surface area contributed by atoms with Crippen LogP contribution in [0.5, 0.6) is 11.6 Å². The highest BCUT2D eigenvalue weighted by Crippen LogP contribution is 2.22. The first kappa shape index (κ1) is 31.9. The zero-order valence-electron chi connectivity index (χ0n) is 22.7. The number of carboxylic acid groups (broad SMARTS) is 1. The van der Waals surface area contributed by atoms with Gasteiger partial charge >= 0.3 is 17.4 Å². The molecule has 0 atom stereocenters. The Balaban J connectivity index is 2.08. The summed E-state index contributed by atoms with van der Waals surface area (Å²) in [5.74, 6) is -1.32. The van der Waals surface area contributed by atoms with E-state index in [0.29, 0.717) is 25.0 Å². The summed E-state index contributed by atoms with van der Waals surface area (Å²) in [6, 6.07) is 6.86. The molecule has 0 bridgehead atoms. The molecule has 2 aromatic rings. The molecule has 0 N–H and O–H groups in total. The summed E-state index contributed by atoms with van der Waals surface area (Å²) in [6.07, 6.45) is -0.426. The number of aromatic nitrogens is 3. The van der Waals surface area contributed by atoms with Crippen molar-refractivity contribution < 1.29 is 32.5 Å².